The van der Waals surface area contributed by atoms with Crippen LogP contribution in [0.2, 0.25) is 0 Å². The third-order valence-corrected chi connectivity index (χ3v) is 4.93. The van der Waals surface area contributed by atoms with Crippen molar-refractivity contribution in [2.24, 2.45) is 0 Å². The molecular formula is C15H17N7OS. The molecule has 3 aromatic heterocycles. The van der Waals surface area contributed by atoms with Crippen molar-refractivity contribution >= 4 is 17.0 Å². The van der Waals surface area contributed by atoms with Crippen molar-refractivity contribution in [3.05, 3.63) is 52.5 Å². The van der Waals surface area contributed by atoms with E-state index in [-0.39, 0.29) is 5.69 Å². The number of hydrogen-bond donors (Lipinski definition) is 0. The van der Waals surface area contributed by atoms with E-state index in [1.165, 1.54) is 26.4 Å². The standard InChI is InChI=1S/C15H17N7OS/c23-15-21(17-18-22(15)14-2-1-11-24-14)12-19-7-9-20(10-8-19)13-3-5-16-6-4-13/h1-6,11H,7-10,12H2. The highest BCUT2D eigenvalue weighted by molar-refractivity contribution is 7.12. The summed E-state index contributed by atoms with van der Waals surface area (Å²) in [5.74, 6) is 0. The molecule has 4 heterocycles. The Bertz CT molecular complexity index is 834. The topological polar surface area (TPSA) is 72.1 Å². The molecule has 3 aromatic rings. The summed E-state index contributed by atoms with van der Waals surface area (Å²) in [5.41, 5.74) is 0.986. The predicted octanol–water partition coefficient (Wildman–Crippen LogP) is 0.665. The highest BCUT2D eigenvalue weighted by atomic mass is 32.1. The van der Waals surface area contributed by atoms with Crippen molar-refractivity contribution in [2.75, 3.05) is 31.1 Å². The van der Waals surface area contributed by atoms with Gasteiger partial charge in [-0.15, -0.1) is 11.3 Å². The first-order valence-electron chi connectivity index (χ1n) is 7.75. The second kappa shape index (κ2) is 6.54. The van der Waals surface area contributed by atoms with Gasteiger partial charge in [0.15, 0.2) is 0 Å². The molecule has 0 N–H and O–H groups in total. The Hall–Kier alpha value is -2.52. The van der Waals surface area contributed by atoms with Gasteiger partial charge in [-0.1, -0.05) is 0 Å². The summed E-state index contributed by atoms with van der Waals surface area (Å²) in [4.78, 5) is 21.0. The number of hydrogen-bond acceptors (Lipinski definition) is 7. The van der Waals surface area contributed by atoms with Gasteiger partial charge in [0.05, 0.1) is 0 Å². The van der Waals surface area contributed by atoms with Gasteiger partial charge in [-0.2, -0.15) is 9.36 Å². The molecule has 1 saturated heterocycles. The van der Waals surface area contributed by atoms with Crippen LogP contribution in [0.5, 0.6) is 0 Å². The Morgan fingerprint density at radius 3 is 2.54 bits per heavy atom. The summed E-state index contributed by atoms with van der Waals surface area (Å²) in [6.45, 7) is 4.05. The molecular weight excluding hydrogens is 326 g/mol. The van der Waals surface area contributed by atoms with Crippen LogP contribution in [0.25, 0.3) is 5.00 Å². The number of nitrogens with zero attached hydrogens (tertiary/aromatic N) is 7. The van der Waals surface area contributed by atoms with E-state index in [1.807, 2.05) is 42.0 Å². The van der Waals surface area contributed by atoms with Crippen LogP contribution in [0, 0.1) is 0 Å². The third kappa shape index (κ3) is 2.95. The lowest BCUT2D eigenvalue weighted by atomic mass is 10.3. The first-order valence-corrected chi connectivity index (χ1v) is 8.63. The molecule has 24 heavy (non-hydrogen) atoms. The van der Waals surface area contributed by atoms with E-state index in [1.54, 1.807) is 0 Å². The summed E-state index contributed by atoms with van der Waals surface area (Å²) in [6.07, 6.45) is 3.62. The van der Waals surface area contributed by atoms with E-state index in [9.17, 15) is 4.79 Å². The van der Waals surface area contributed by atoms with E-state index in [2.05, 4.69) is 25.2 Å². The maximum absolute atomic E-state index is 12.4. The molecule has 0 spiro atoms. The van der Waals surface area contributed by atoms with Crippen LogP contribution in [0.3, 0.4) is 0 Å². The molecule has 0 amide bonds. The van der Waals surface area contributed by atoms with E-state index in [0.29, 0.717) is 6.67 Å². The number of aromatic nitrogens is 5. The Morgan fingerprint density at radius 2 is 1.83 bits per heavy atom. The van der Waals surface area contributed by atoms with E-state index >= 15 is 0 Å². The van der Waals surface area contributed by atoms with E-state index in [4.69, 9.17) is 0 Å². The number of tetrazole rings is 1. The van der Waals surface area contributed by atoms with Crippen LogP contribution in [0.1, 0.15) is 0 Å². The van der Waals surface area contributed by atoms with Crippen molar-refractivity contribution in [2.45, 2.75) is 6.67 Å². The van der Waals surface area contributed by atoms with Crippen molar-refractivity contribution < 1.29 is 0 Å². The Labute approximate surface area is 142 Å². The van der Waals surface area contributed by atoms with Crippen LogP contribution in [-0.4, -0.2) is 55.9 Å². The van der Waals surface area contributed by atoms with E-state index < -0.39 is 0 Å². The number of rotatable bonds is 4. The monoisotopic (exact) mass is 343 g/mol. The second-order valence-electron chi connectivity index (χ2n) is 5.58. The Kier molecular flexibility index (Phi) is 4.09. The lowest BCUT2D eigenvalue weighted by molar-refractivity contribution is 0.191. The Balaban J connectivity index is 1.40. The predicted molar refractivity (Wildman–Crippen MR) is 91.5 cm³/mol. The molecule has 9 heteroatoms. The molecule has 0 radical (unpaired) electrons. The first kappa shape index (κ1) is 15.0. The van der Waals surface area contributed by atoms with Crippen LogP contribution < -0.4 is 10.6 Å². The zero-order valence-electron chi connectivity index (χ0n) is 13.0. The van der Waals surface area contributed by atoms with Gasteiger partial charge in [-0.25, -0.2) is 4.79 Å². The summed E-state index contributed by atoms with van der Waals surface area (Å²) >= 11 is 1.47. The number of piperazine rings is 1. The molecule has 124 valence electrons. The zero-order chi connectivity index (χ0) is 16.4. The quantitative estimate of drug-likeness (QED) is 0.693. The third-order valence-electron chi connectivity index (χ3n) is 4.09. The summed E-state index contributed by atoms with van der Waals surface area (Å²) in [7, 11) is 0. The van der Waals surface area contributed by atoms with Gasteiger partial charge >= 0.3 is 5.69 Å². The minimum absolute atomic E-state index is 0.200. The van der Waals surface area contributed by atoms with Gasteiger partial charge < -0.3 is 4.90 Å². The fourth-order valence-electron chi connectivity index (χ4n) is 2.78. The minimum atomic E-state index is -0.200. The average Bonchev–Trinajstić information content (AvgIpc) is 3.27. The van der Waals surface area contributed by atoms with Crippen LogP contribution in [0.15, 0.2) is 46.8 Å². The molecule has 0 aliphatic carbocycles. The molecule has 0 aromatic carbocycles. The number of anilines is 1. The minimum Gasteiger partial charge on any atom is -0.369 e. The lowest BCUT2D eigenvalue weighted by Crippen LogP contribution is -2.48. The first-order chi connectivity index (χ1) is 11.8. The fourth-order valence-corrected chi connectivity index (χ4v) is 3.45. The smallest absolute Gasteiger partial charge is 0.369 e. The highest BCUT2D eigenvalue weighted by Crippen LogP contribution is 2.15. The number of thiophene rings is 1. The van der Waals surface area contributed by atoms with Gasteiger partial charge in [0.1, 0.15) is 11.7 Å². The SMILES string of the molecule is O=c1n(CN2CCN(c3ccncc3)CC2)nnn1-c1cccs1. The van der Waals surface area contributed by atoms with Gasteiger partial charge in [0.25, 0.3) is 0 Å². The average molecular weight is 343 g/mol. The van der Waals surface area contributed by atoms with Crippen LogP contribution in [0.4, 0.5) is 5.69 Å². The van der Waals surface area contributed by atoms with Crippen LogP contribution in [-0.2, 0) is 6.67 Å². The normalized spacial score (nSPS) is 15.8. The fraction of sp³-hybridized carbons (Fsp3) is 0.333. The van der Waals surface area contributed by atoms with Gasteiger partial charge in [-0.3, -0.25) is 9.88 Å². The molecule has 4 rings (SSSR count). The lowest BCUT2D eigenvalue weighted by Gasteiger charge is -2.35. The molecule has 0 saturated carbocycles. The maximum atomic E-state index is 12.4. The van der Waals surface area contributed by atoms with Crippen molar-refractivity contribution in [3.8, 4) is 5.00 Å². The Morgan fingerprint density at radius 1 is 1.04 bits per heavy atom. The van der Waals surface area contributed by atoms with Gasteiger partial charge in [0.2, 0.25) is 0 Å². The zero-order valence-corrected chi connectivity index (χ0v) is 13.8. The molecule has 1 aliphatic rings. The molecule has 0 unspecified atom stereocenters. The second-order valence-corrected chi connectivity index (χ2v) is 6.50. The van der Waals surface area contributed by atoms with Crippen molar-refractivity contribution in [3.63, 3.8) is 0 Å². The molecule has 0 atom stereocenters. The molecule has 0 bridgehead atoms. The van der Waals surface area contributed by atoms with E-state index in [0.717, 1.165) is 31.2 Å². The summed E-state index contributed by atoms with van der Waals surface area (Å²) in [5, 5.41) is 10.7. The largest absolute Gasteiger partial charge is 0.370 e. The maximum Gasteiger partial charge on any atom is 0.370 e. The van der Waals surface area contributed by atoms with Crippen molar-refractivity contribution in [1.82, 2.24) is 29.7 Å². The summed E-state index contributed by atoms with van der Waals surface area (Å²) in [6, 6.07) is 7.79. The van der Waals surface area contributed by atoms with Crippen LogP contribution >= 0.6 is 11.3 Å². The molecule has 1 fully saturated rings. The highest BCUT2D eigenvalue weighted by Gasteiger charge is 2.19. The van der Waals surface area contributed by atoms with Gasteiger partial charge in [0, 0.05) is 44.3 Å². The summed E-state index contributed by atoms with van der Waals surface area (Å²) < 4.78 is 2.76. The number of pyridine rings is 1. The van der Waals surface area contributed by atoms with Crippen molar-refractivity contribution in [1.29, 1.82) is 0 Å². The molecule has 8 nitrogen and oxygen atoms in total. The molecule has 1 aliphatic heterocycles. The van der Waals surface area contributed by atoms with Gasteiger partial charge in [-0.05, 0) is 40.1 Å².